The number of hydrogen-bond donors (Lipinski definition) is 1. The van der Waals surface area contributed by atoms with Gasteiger partial charge in [0, 0.05) is 13.5 Å². The second kappa shape index (κ2) is 7.01. The van der Waals surface area contributed by atoms with Gasteiger partial charge in [-0.25, -0.2) is 0 Å². The Morgan fingerprint density at radius 1 is 1.38 bits per heavy atom. The maximum atomic E-state index is 10.7. The molecular weight excluding hydrogens is 202 g/mol. The van der Waals surface area contributed by atoms with E-state index in [1.54, 1.807) is 0 Å². The lowest BCUT2D eigenvalue weighted by Crippen LogP contribution is -2.27. The largest absolute Gasteiger partial charge is 0.376 e. The quantitative estimate of drug-likeness (QED) is 0.797. The minimum Gasteiger partial charge on any atom is -0.376 e. The van der Waals surface area contributed by atoms with Crippen molar-refractivity contribution in [2.75, 3.05) is 13.2 Å². The minimum atomic E-state index is 0.00918. The van der Waals surface area contributed by atoms with Gasteiger partial charge in [0.25, 0.3) is 0 Å². The molecule has 0 fully saturated rings. The molecule has 0 aromatic heterocycles. The first kappa shape index (κ1) is 12.7. The standard InChI is InChI=1S/C13H19NO2/c1-11(8-14-12(2)15)9-16-10-13-6-4-3-5-7-13/h3-7,11H,8-10H2,1-2H3,(H,14,15). The van der Waals surface area contributed by atoms with Gasteiger partial charge in [-0.2, -0.15) is 0 Å². The van der Waals surface area contributed by atoms with Gasteiger partial charge in [0.15, 0.2) is 0 Å². The zero-order chi connectivity index (χ0) is 11.8. The molecule has 0 bridgehead atoms. The van der Waals surface area contributed by atoms with E-state index in [0.717, 1.165) is 0 Å². The molecule has 3 nitrogen and oxygen atoms in total. The molecule has 1 N–H and O–H groups in total. The van der Waals surface area contributed by atoms with E-state index in [0.29, 0.717) is 25.7 Å². The third-order valence-electron chi connectivity index (χ3n) is 2.21. The van der Waals surface area contributed by atoms with Crippen LogP contribution in [0.1, 0.15) is 19.4 Å². The Balaban J connectivity index is 2.13. The lowest BCUT2D eigenvalue weighted by atomic mass is 10.2. The molecule has 1 atom stereocenters. The van der Waals surface area contributed by atoms with E-state index >= 15 is 0 Å². The summed E-state index contributed by atoms with van der Waals surface area (Å²) in [7, 11) is 0. The van der Waals surface area contributed by atoms with Crippen LogP contribution in [0.5, 0.6) is 0 Å². The van der Waals surface area contributed by atoms with Crippen molar-refractivity contribution in [3.05, 3.63) is 35.9 Å². The number of hydrogen-bond acceptors (Lipinski definition) is 2. The first-order chi connectivity index (χ1) is 7.68. The van der Waals surface area contributed by atoms with Crippen molar-refractivity contribution in [3.8, 4) is 0 Å². The molecule has 3 heteroatoms. The van der Waals surface area contributed by atoms with Crippen LogP contribution in [0.25, 0.3) is 0 Å². The van der Waals surface area contributed by atoms with Crippen molar-refractivity contribution >= 4 is 5.91 Å². The highest BCUT2D eigenvalue weighted by Gasteiger charge is 2.02. The Bertz CT molecular complexity index is 311. The molecule has 0 radical (unpaired) electrons. The number of carbonyl (C=O) groups is 1. The monoisotopic (exact) mass is 221 g/mol. The molecule has 0 aliphatic heterocycles. The van der Waals surface area contributed by atoms with Gasteiger partial charge in [-0.3, -0.25) is 4.79 Å². The fourth-order valence-electron chi connectivity index (χ4n) is 1.33. The first-order valence-electron chi connectivity index (χ1n) is 5.54. The van der Waals surface area contributed by atoms with E-state index < -0.39 is 0 Å². The third kappa shape index (κ3) is 5.51. The van der Waals surface area contributed by atoms with Crippen LogP contribution in [0.4, 0.5) is 0 Å². The van der Waals surface area contributed by atoms with Crippen LogP contribution < -0.4 is 5.32 Å². The van der Waals surface area contributed by atoms with Gasteiger partial charge in [0.05, 0.1) is 13.2 Å². The summed E-state index contributed by atoms with van der Waals surface area (Å²) in [5.41, 5.74) is 1.18. The molecule has 88 valence electrons. The Labute approximate surface area is 96.8 Å². The van der Waals surface area contributed by atoms with Gasteiger partial charge >= 0.3 is 0 Å². The maximum absolute atomic E-state index is 10.7. The number of carbonyl (C=O) groups excluding carboxylic acids is 1. The summed E-state index contributed by atoms with van der Waals surface area (Å²) in [6, 6.07) is 10.1. The van der Waals surface area contributed by atoms with Crippen LogP contribution in [0, 0.1) is 5.92 Å². The summed E-state index contributed by atoms with van der Waals surface area (Å²) >= 11 is 0. The molecule has 1 aromatic carbocycles. The van der Waals surface area contributed by atoms with Crippen molar-refractivity contribution in [1.82, 2.24) is 5.32 Å². The fraction of sp³-hybridized carbons (Fsp3) is 0.462. The van der Waals surface area contributed by atoms with Crippen LogP contribution >= 0.6 is 0 Å². The van der Waals surface area contributed by atoms with Gasteiger partial charge in [-0.05, 0) is 11.5 Å². The Kier molecular flexibility index (Phi) is 5.57. The molecule has 1 unspecified atom stereocenters. The van der Waals surface area contributed by atoms with E-state index in [2.05, 4.69) is 12.2 Å². The van der Waals surface area contributed by atoms with Crippen LogP contribution in [0.15, 0.2) is 30.3 Å². The lowest BCUT2D eigenvalue weighted by Gasteiger charge is -2.12. The molecule has 0 saturated heterocycles. The van der Waals surface area contributed by atoms with Crippen molar-refractivity contribution < 1.29 is 9.53 Å². The number of ether oxygens (including phenoxy) is 1. The average molecular weight is 221 g/mol. The van der Waals surface area contributed by atoms with Crippen LogP contribution in [0.3, 0.4) is 0 Å². The van der Waals surface area contributed by atoms with Crippen LogP contribution in [-0.2, 0) is 16.1 Å². The highest BCUT2D eigenvalue weighted by atomic mass is 16.5. The molecule has 1 aromatic rings. The second-order valence-electron chi connectivity index (χ2n) is 4.04. The molecule has 16 heavy (non-hydrogen) atoms. The van der Waals surface area contributed by atoms with E-state index in [9.17, 15) is 4.79 Å². The van der Waals surface area contributed by atoms with Crippen LogP contribution in [-0.4, -0.2) is 19.1 Å². The molecule has 0 saturated carbocycles. The second-order valence-corrected chi connectivity index (χ2v) is 4.04. The van der Waals surface area contributed by atoms with Gasteiger partial charge < -0.3 is 10.1 Å². The maximum Gasteiger partial charge on any atom is 0.216 e. The lowest BCUT2D eigenvalue weighted by molar-refractivity contribution is -0.119. The van der Waals surface area contributed by atoms with Gasteiger partial charge in [0.1, 0.15) is 0 Å². The molecule has 0 spiro atoms. The topological polar surface area (TPSA) is 38.3 Å². The molecule has 0 heterocycles. The highest BCUT2D eigenvalue weighted by Crippen LogP contribution is 2.02. The fourth-order valence-corrected chi connectivity index (χ4v) is 1.33. The normalized spacial score (nSPS) is 12.1. The third-order valence-corrected chi connectivity index (χ3v) is 2.21. The van der Waals surface area contributed by atoms with Crippen molar-refractivity contribution in [1.29, 1.82) is 0 Å². The Hall–Kier alpha value is -1.35. The summed E-state index contributed by atoms with van der Waals surface area (Å²) < 4.78 is 5.56. The summed E-state index contributed by atoms with van der Waals surface area (Å²) in [6.45, 7) is 5.54. The molecule has 1 amide bonds. The zero-order valence-corrected chi connectivity index (χ0v) is 9.90. The predicted octanol–water partition coefficient (Wildman–Crippen LogP) is 1.98. The first-order valence-corrected chi connectivity index (χ1v) is 5.54. The Morgan fingerprint density at radius 3 is 2.69 bits per heavy atom. The van der Waals surface area contributed by atoms with E-state index in [-0.39, 0.29) is 5.91 Å². The van der Waals surface area contributed by atoms with Gasteiger partial charge in [-0.15, -0.1) is 0 Å². The van der Waals surface area contributed by atoms with Crippen molar-refractivity contribution in [3.63, 3.8) is 0 Å². The van der Waals surface area contributed by atoms with E-state index in [1.165, 1.54) is 12.5 Å². The molecule has 0 aliphatic carbocycles. The van der Waals surface area contributed by atoms with Gasteiger partial charge in [-0.1, -0.05) is 37.3 Å². The number of amides is 1. The molecular formula is C13H19NO2. The summed E-state index contributed by atoms with van der Waals surface area (Å²) in [5.74, 6) is 0.350. The van der Waals surface area contributed by atoms with E-state index in [1.807, 2.05) is 30.3 Å². The summed E-state index contributed by atoms with van der Waals surface area (Å²) in [6.07, 6.45) is 0. The summed E-state index contributed by atoms with van der Waals surface area (Å²) in [5, 5.41) is 2.78. The minimum absolute atomic E-state index is 0.00918. The average Bonchev–Trinajstić information content (AvgIpc) is 2.28. The number of benzene rings is 1. The SMILES string of the molecule is CC(=O)NCC(C)COCc1ccccc1. The smallest absolute Gasteiger partial charge is 0.216 e. The van der Waals surface area contributed by atoms with Crippen molar-refractivity contribution in [2.24, 2.45) is 5.92 Å². The summed E-state index contributed by atoms with van der Waals surface area (Å²) in [4.78, 5) is 10.7. The molecule has 1 rings (SSSR count). The molecule has 0 aliphatic rings. The number of nitrogens with one attached hydrogen (secondary N) is 1. The Morgan fingerprint density at radius 2 is 2.06 bits per heavy atom. The zero-order valence-electron chi connectivity index (χ0n) is 9.90. The highest BCUT2D eigenvalue weighted by molar-refractivity contribution is 5.72. The van der Waals surface area contributed by atoms with E-state index in [4.69, 9.17) is 4.74 Å². The van der Waals surface area contributed by atoms with Crippen molar-refractivity contribution in [2.45, 2.75) is 20.5 Å². The predicted molar refractivity (Wildman–Crippen MR) is 63.9 cm³/mol. The van der Waals surface area contributed by atoms with Gasteiger partial charge in [0.2, 0.25) is 5.91 Å². The van der Waals surface area contributed by atoms with Crippen LogP contribution in [0.2, 0.25) is 0 Å². The number of rotatable bonds is 6.